The van der Waals surface area contributed by atoms with Gasteiger partial charge in [0.05, 0.1) is 12.0 Å². The summed E-state index contributed by atoms with van der Waals surface area (Å²) in [5.74, 6) is 0.536. The normalized spacial score (nSPS) is 11.0. The van der Waals surface area contributed by atoms with Crippen LogP contribution in [0.1, 0.15) is 47.1 Å². The van der Waals surface area contributed by atoms with Gasteiger partial charge in [-0.3, -0.25) is 0 Å². The maximum atomic E-state index is 10.9. The highest BCUT2D eigenvalue weighted by Gasteiger charge is 2.11. The zero-order valence-electron chi connectivity index (χ0n) is 13.6. The van der Waals surface area contributed by atoms with Crippen LogP contribution in [-0.4, -0.2) is 21.2 Å². The summed E-state index contributed by atoms with van der Waals surface area (Å²) < 4.78 is 5.30. The SMILES string of the molecule is CC(C)c1ccc(Cc2nc(-c3ccc(C(=O)O)cc3)no2)cc1. The van der Waals surface area contributed by atoms with E-state index < -0.39 is 5.97 Å². The monoisotopic (exact) mass is 322 g/mol. The number of nitrogens with zero attached hydrogens (tertiary/aromatic N) is 2. The topological polar surface area (TPSA) is 76.2 Å². The molecule has 122 valence electrons. The number of benzene rings is 2. The first-order valence-electron chi connectivity index (χ1n) is 7.78. The van der Waals surface area contributed by atoms with Crippen molar-refractivity contribution in [3.8, 4) is 11.4 Å². The van der Waals surface area contributed by atoms with Crippen LogP contribution in [0, 0.1) is 0 Å². The van der Waals surface area contributed by atoms with E-state index in [1.165, 1.54) is 17.7 Å². The molecule has 5 heteroatoms. The number of carbonyl (C=O) groups is 1. The first-order valence-corrected chi connectivity index (χ1v) is 7.78. The summed E-state index contributed by atoms with van der Waals surface area (Å²) in [5.41, 5.74) is 3.36. The summed E-state index contributed by atoms with van der Waals surface area (Å²) in [4.78, 5) is 15.3. The highest BCUT2D eigenvalue weighted by molar-refractivity contribution is 5.88. The molecule has 0 aliphatic rings. The Morgan fingerprint density at radius 1 is 1.08 bits per heavy atom. The second kappa shape index (κ2) is 6.66. The lowest BCUT2D eigenvalue weighted by molar-refractivity contribution is 0.0697. The van der Waals surface area contributed by atoms with E-state index in [-0.39, 0.29) is 5.56 Å². The van der Waals surface area contributed by atoms with E-state index in [2.05, 4.69) is 48.3 Å². The van der Waals surface area contributed by atoms with Crippen molar-refractivity contribution in [3.63, 3.8) is 0 Å². The molecule has 0 saturated carbocycles. The summed E-state index contributed by atoms with van der Waals surface area (Å²) in [6, 6.07) is 14.8. The minimum atomic E-state index is -0.958. The molecule has 0 saturated heterocycles. The van der Waals surface area contributed by atoms with Crippen molar-refractivity contribution in [2.75, 3.05) is 0 Å². The van der Waals surface area contributed by atoms with Gasteiger partial charge in [0.1, 0.15) is 0 Å². The fraction of sp³-hybridized carbons (Fsp3) is 0.211. The third-order valence-electron chi connectivity index (χ3n) is 3.86. The van der Waals surface area contributed by atoms with Gasteiger partial charge in [-0.25, -0.2) is 4.79 Å². The average Bonchev–Trinajstić information content (AvgIpc) is 3.04. The Bertz CT molecular complexity index is 834. The Labute approximate surface area is 140 Å². The summed E-state index contributed by atoms with van der Waals surface area (Å²) in [6.07, 6.45) is 0.568. The molecule has 0 amide bonds. The maximum absolute atomic E-state index is 10.9. The molecule has 0 bridgehead atoms. The van der Waals surface area contributed by atoms with Gasteiger partial charge >= 0.3 is 5.97 Å². The van der Waals surface area contributed by atoms with Gasteiger partial charge < -0.3 is 9.63 Å². The van der Waals surface area contributed by atoms with Crippen molar-refractivity contribution in [1.29, 1.82) is 0 Å². The summed E-state index contributed by atoms with van der Waals surface area (Å²) in [7, 11) is 0. The molecule has 2 aromatic carbocycles. The molecule has 0 aliphatic carbocycles. The molecule has 24 heavy (non-hydrogen) atoms. The lowest BCUT2D eigenvalue weighted by Crippen LogP contribution is -1.95. The first kappa shape index (κ1) is 15.9. The first-order chi connectivity index (χ1) is 11.5. The van der Waals surface area contributed by atoms with E-state index in [0.717, 1.165) is 11.1 Å². The van der Waals surface area contributed by atoms with Crippen LogP contribution in [0.3, 0.4) is 0 Å². The van der Waals surface area contributed by atoms with Gasteiger partial charge in [0.25, 0.3) is 0 Å². The molecule has 1 aromatic heterocycles. The molecule has 1 N–H and O–H groups in total. The van der Waals surface area contributed by atoms with E-state index in [0.29, 0.717) is 24.1 Å². The Kier molecular flexibility index (Phi) is 4.42. The van der Waals surface area contributed by atoms with Gasteiger partial charge in [0, 0.05) is 5.56 Å². The van der Waals surface area contributed by atoms with Crippen molar-refractivity contribution >= 4 is 5.97 Å². The number of aromatic nitrogens is 2. The molecule has 0 spiro atoms. The van der Waals surface area contributed by atoms with E-state index in [1.54, 1.807) is 12.1 Å². The smallest absolute Gasteiger partial charge is 0.335 e. The predicted molar refractivity (Wildman–Crippen MR) is 90.0 cm³/mol. The minimum absolute atomic E-state index is 0.229. The standard InChI is InChI=1S/C19H18N2O3/c1-12(2)14-5-3-13(4-6-14)11-17-20-18(21-24-17)15-7-9-16(10-8-15)19(22)23/h3-10,12H,11H2,1-2H3,(H,22,23). The molecule has 0 aliphatic heterocycles. The molecule has 0 radical (unpaired) electrons. The van der Waals surface area contributed by atoms with Crippen LogP contribution in [0.25, 0.3) is 11.4 Å². The number of carboxylic acids is 1. The highest BCUT2D eigenvalue weighted by atomic mass is 16.5. The van der Waals surface area contributed by atoms with E-state index in [9.17, 15) is 4.79 Å². The number of hydrogen-bond acceptors (Lipinski definition) is 4. The van der Waals surface area contributed by atoms with Gasteiger partial charge in [-0.1, -0.05) is 55.4 Å². The Morgan fingerprint density at radius 2 is 1.75 bits per heavy atom. The van der Waals surface area contributed by atoms with Crippen LogP contribution in [-0.2, 0) is 6.42 Å². The van der Waals surface area contributed by atoms with Crippen LogP contribution in [0.5, 0.6) is 0 Å². The van der Waals surface area contributed by atoms with Gasteiger partial charge in [-0.05, 0) is 29.2 Å². The molecular weight excluding hydrogens is 304 g/mol. The zero-order valence-corrected chi connectivity index (χ0v) is 13.6. The fourth-order valence-corrected chi connectivity index (χ4v) is 2.40. The van der Waals surface area contributed by atoms with Gasteiger partial charge in [-0.15, -0.1) is 0 Å². The van der Waals surface area contributed by atoms with E-state index in [4.69, 9.17) is 9.63 Å². The quantitative estimate of drug-likeness (QED) is 0.763. The fourth-order valence-electron chi connectivity index (χ4n) is 2.40. The van der Waals surface area contributed by atoms with Crippen LogP contribution in [0.2, 0.25) is 0 Å². The summed E-state index contributed by atoms with van der Waals surface area (Å²) in [5, 5.41) is 12.9. The second-order valence-corrected chi connectivity index (χ2v) is 5.97. The summed E-state index contributed by atoms with van der Waals surface area (Å²) in [6.45, 7) is 4.32. The Hall–Kier alpha value is -2.95. The minimum Gasteiger partial charge on any atom is -0.478 e. The van der Waals surface area contributed by atoms with Crippen molar-refractivity contribution < 1.29 is 14.4 Å². The van der Waals surface area contributed by atoms with Gasteiger partial charge in [-0.2, -0.15) is 4.98 Å². The van der Waals surface area contributed by atoms with E-state index in [1.807, 2.05) is 0 Å². The van der Waals surface area contributed by atoms with Crippen LogP contribution in [0.4, 0.5) is 0 Å². The molecule has 3 rings (SSSR count). The second-order valence-electron chi connectivity index (χ2n) is 5.97. The van der Waals surface area contributed by atoms with Crippen molar-refractivity contribution in [2.45, 2.75) is 26.2 Å². The summed E-state index contributed by atoms with van der Waals surface area (Å²) >= 11 is 0. The van der Waals surface area contributed by atoms with Crippen molar-refractivity contribution in [1.82, 2.24) is 10.1 Å². The van der Waals surface area contributed by atoms with Crippen LogP contribution >= 0.6 is 0 Å². The maximum Gasteiger partial charge on any atom is 0.335 e. The number of carboxylic acid groups (broad SMARTS) is 1. The molecule has 5 nitrogen and oxygen atoms in total. The number of rotatable bonds is 5. The van der Waals surface area contributed by atoms with Crippen molar-refractivity contribution in [3.05, 3.63) is 71.1 Å². The van der Waals surface area contributed by atoms with Gasteiger partial charge in [0.2, 0.25) is 11.7 Å². The predicted octanol–water partition coefficient (Wildman–Crippen LogP) is 4.15. The Morgan fingerprint density at radius 3 is 2.33 bits per heavy atom. The van der Waals surface area contributed by atoms with Gasteiger partial charge in [0.15, 0.2) is 0 Å². The van der Waals surface area contributed by atoms with Crippen LogP contribution < -0.4 is 0 Å². The number of hydrogen-bond donors (Lipinski definition) is 1. The Balaban J connectivity index is 1.74. The molecule has 1 heterocycles. The molecular formula is C19H18N2O3. The third kappa shape index (κ3) is 3.51. The third-order valence-corrected chi connectivity index (χ3v) is 3.86. The molecule has 0 unspecified atom stereocenters. The molecule has 0 atom stereocenters. The zero-order chi connectivity index (χ0) is 17.1. The lowest BCUT2D eigenvalue weighted by Gasteiger charge is -2.05. The molecule has 3 aromatic rings. The lowest BCUT2D eigenvalue weighted by atomic mass is 10.0. The largest absolute Gasteiger partial charge is 0.478 e. The van der Waals surface area contributed by atoms with E-state index >= 15 is 0 Å². The highest BCUT2D eigenvalue weighted by Crippen LogP contribution is 2.19. The average molecular weight is 322 g/mol. The van der Waals surface area contributed by atoms with Crippen molar-refractivity contribution in [2.24, 2.45) is 0 Å². The molecule has 0 fully saturated rings. The number of aromatic carboxylic acids is 1. The van der Waals surface area contributed by atoms with Crippen LogP contribution in [0.15, 0.2) is 53.1 Å².